The van der Waals surface area contributed by atoms with E-state index in [0.29, 0.717) is 0 Å². The van der Waals surface area contributed by atoms with Crippen molar-refractivity contribution in [1.29, 1.82) is 0 Å². The number of anilines is 1. The lowest BCUT2D eigenvalue weighted by molar-refractivity contribution is -0.138. The lowest BCUT2D eigenvalue weighted by Crippen LogP contribution is -2.46. The first-order valence-electron chi connectivity index (χ1n) is 10.6. The summed E-state index contributed by atoms with van der Waals surface area (Å²) in [4.78, 5) is 15.8. The summed E-state index contributed by atoms with van der Waals surface area (Å²) in [6.07, 6.45) is -9.60. The summed E-state index contributed by atoms with van der Waals surface area (Å²) < 4.78 is 107. The molecule has 0 aliphatic carbocycles. The lowest BCUT2D eigenvalue weighted by atomic mass is 9.74. The van der Waals surface area contributed by atoms with Gasteiger partial charge in [-0.3, -0.25) is 4.79 Å². The molecule has 0 radical (unpaired) electrons. The van der Waals surface area contributed by atoms with E-state index in [-0.39, 0.29) is 50.3 Å². The minimum Gasteiger partial charge on any atom is -0.307 e. The largest absolute Gasteiger partial charge is 0.416 e. The van der Waals surface area contributed by atoms with Gasteiger partial charge in [-0.25, -0.2) is 8.78 Å². The third-order valence-corrected chi connectivity index (χ3v) is 6.59. The monoisotopic (exact) mass is 492 g/mol. The van der Waals surface area contributed by atoms with Gasteiger partial charge in [0.25, 0.3) is 5.91 Å². The number of nitrogens with zero attached hydrogens (tertiary/aromatic N) is 2. The first-order valence-corrected chi connectivity index (χ1v) is 10.6. The second-order valence-electron chi connectivity index (χ2n) is 8.70. The molecule has 0 bridgehead atoms. The Morgan fingerprint density at radius 1 is 0.941 bits per heavy atom. The van der Waals surface area contributed by atoms with Crippen LogP contribution in [0.25, 0.3) is 0 Å². The molecule has 0 unspecified atom stereocenters. The standard InChI is InChI=1S/C23H20F8N2O/c24-16-2-1-3-17(25)19(16)20(34)33-13-21(6-9-32(10-7-21)11-8-22(26,27)28)15-12-14(23(29,30)31)4-5-18(15)33/h1-5,12H,6-11,13H2. The summed E-state index contributed by atoms with van der Waals surface area (Å²) in [5.74, 6) is -3.21. The maximum Gasteiger partial charge on any atom is 0.416 e. The molecule has 2 heterocycles. The second-order valence-corrected chi connectivity index (χ2v) is 8.70. The molecule has 34 heavy (non-hydrogen) atoms. The number of carbonyl (C=O) groups excluding carboxylic acids is 1. The number of halogens is 8. The molecule has 1 spiro atoms. The van der Waals surface area contributed by atoms with E-state index in [2.05, 4.69) is 0 Å². The van der Waals surface area contributed by atoms with E-state index >= 15 is 0 Å². The van der Waals surface area contributed by atoms with Crippen molar-refractivity contribution >= 4 is 11.6 Å². The Bertz CT molecular complexity index is 1070. The van der Waals surface area contributed by atoms with E-state index in [1.807, 2.05) is 0 Å². The van der Waals surface area contributed by atoms with Crippen LogP contribution in [0.2, 0.25) is 0 Å². The van der Waals surface area contributed by atoms with Gasteiger partial charge in [0.05, 0.1) is 12.0 Å². The summed E-state index contributed by atoms with van der Waals surface area (Å²) in [7, 11) is 0. The average Bonchev–Trinajstić information content (AvgIpc) is 3.06. The summed E-state index contributed by atoms with van der Waals surface area (Å²) in [5, 5.41) is 0. The molecule has 2 aromatic carbocycles. The van der Waals surface area contributed by atoms with Gasteiger partial charge < -0.3 is 9.80 Å². The fourth-order valence-electron chi connectivity index (χ4n) is 4.78. The van der Waals surface area contributed by atoms with Gasteiger partial charge >= 0.3 is 12.4 Å². The first-order chi connectivity index (χ1) is 15.8. The zero-order valence-electron chi connectivity index (χ0n) is 17.7. The van der Waals surface area contributed by atoms with Crippen molar-refractivity contribution in [3.63, 3.8) is 0 Å². The third kappa shape index (κ3) is 4.62. The van der Waals surface area contributed by atoms with Crippen LogP contribution in [-0.2, 0) is 11.6 Å². The lowest BCUT2D eigenvalue weighted by Gasteiger charge is -2.40. The molecule has 0 aromatic heterocycles. The van der Waals surface area contributed by atoms with Crippen LogP contribution in [0.1, 0.15) is 40.7 Å². The molecule has 2 aliphatic rings. The number of piperidine rings is 1. The van der Waals surface area contributed by atoms with Crippen molar-refractivity contribution in [2.45, 2.75) is 37.0 Å². The summed E-state index contributed by atoms with van der Waals surface area (Å²) in [6, 6.07) is 5.76. The Morgan fingerprint density at radius 3 is 2.12 bits per heavy atom. The molecule has 184 valence electrons. The Kier molecular flexibility index (Phi) is 6.12. The molecule has 4 rings (SSSR count). The number of rotatable bonds is 3. The van der Waals surface area contributed by atoms with Gasteiger partial charge in [-0.1, -0.05) is 6.07 Å². The van der Waals surface area contributed by atoms with Gasteiger partial charge in [0, 0.05) is 24.2 Å². The Hall–Kier alpha value is -2.69. The molecule has 2 aliphatic heterocycles. The second kappa shape index (κ2) is 8.51. The molecule has 1 amide bonds. The highest BCUT2D eigenvalue weighted by molar-refractivity contribution is 6.08. The van der Waals surface area contributed by atoms with Crippen LogP contribution < -0.4 is 4.90 Å². The van der Waals surface area contributed by atoms with E-state index in [1.54, 1.807) is 4.90 Å². The predicted octanol–water partition coefficient (Wildman–Crippen LogP) is 5.93. The molecule has 3 nitrogen and oxygen atoms in total. The van der Waals surface area contributed by atoms with E-state index in [1.165, 1.54) is 0 Å². The van der Waals surface area contributed by atoms with Gasteiger partial charge in [-0.15, -0.1) is 0 Å². The van der Waals surface area contributed by atoms with Crippen molar-refractivity contribution in [2.75, 3.05) is 31.1 Å². The summed E-state index contributed by atoms with van der Waals surface area (Å²) in [6.45, 7) is 0.00514. The molecule has 0 N–H and O–H groups in total. The van der Waals surface area contributed by atoms with Crippen LogP contribution >= 0.6 is 0 Å². The van der Waals surface area contributed by atoms with Gasteiger partial charge in [-0.05, 0) is 61.8 Å². The number of fused-ring (bicyclic) bond motifs is 2. The van der Waals surface area contributed by atoms with Gasteiger partial charge in [-0.2, -0.15) is 26.3 Å². The minimum atomic E-state index is -4.65. The summed E-state index contributed by atoms with van der Waals surface area (Å²) in [5.41, 5.74) is -2.39. The van der Waals surface area contributed by atoms with Gasteiger partial charge in [0.1, 0.15) is 17.2 Å². The van der Waals surface area contributed by atoms with Crippen LogP contribution in [0.15, 0.2) is 36.4 Å². The van der Waals surface area contributed by atoms with Gasteiger partial charge in [0.2, 0.25) is 0 Å². The van der Waals surface area contributed by atoms with E-state index in [9.17, 15) is 39.9 Å². The number of hydrogen-bond acceptors (Lipinski definition) is 2. The van der Waals surface area contributed by atoms with E-state index < -0.39 is 52.9 Å². The number of carbonyl (C=O) groups is 1. The smallest absolute Gasteiger partial charge is 0.307 e. The fourth-order valence-corrected chi connectivity index (χ4v) is 4.78. The van der Waals surface area contributed by atoms with Crippen LogP contribution in [0.3, 0.4) is 0 Å². The van der Waals surface area contributed by atoms with Crippen LogP contribution in [0.5, 0.6) is 0 Å². The normalized spacial score (nSPS) is 18.4. The highest BCUT2D eigenvalue weighted by atomic mass is 19.4. The van der Waals surface area contributed by atoms with Crippen molar-refractivity contribution in [2.24, 2.45) is 0 Å². The molecule has 0 atom stereocenters. The van der Waals surface area contributed by atoms with E-state index in [0.717, 1.165) is 41.3 Å². The Balaban J connectivity index is 1.68. The molecule has 1 fully saturated rings. The first kappa shape index (κ1) is 24.4. The van der Waals surface area contributed by atoms with Crippen molar-refractivity contribution in [1.82, 2.24) is 4.90 Å². The average molecular weight is 492 g/mol. The van der Waals surface area contributed by atoms with Crippen molar-refractivity contribution in [3.05, 3.63) is 64.7 Å². The quantitative estimate of drug-likeness (QED) is 0.496. The van der Waals surface area contributed by atoms with E-state index in [4.69, 9.17) is 0 Å². The zero-order valence-corrected chi connectivity index (χ0v) is 17.7. The Morgan fingerprint density at radius 2 is 1.56 bits per heavy atom. The van der Waals surface area contributed by atoms with Crippen LogP contribution in [0.4, 0.5) is 40.8 Å². The van der Waals surface area contributed by atoms with Crippen molar-refractivity contribution < 1.29 is 39.9 Å². The number of hydrogen-bond donors (Lipinski definition) is 0. The predicted molar refractivity (Wildman–Crippen MR) is 108 cm³/mol. The third-order valence-electron chi connectivity index (χ3n) is 6.59. The molecule has 2 aromatic rings. The molecular formula is C23H20F8N2O. The Labute approximate surface area is 189 Å². The number of amides is 1. The molecule has 11 heteroatoms. The maximum atomic E-state index is 14.3. The number of benzene rings is 2. The minimum absolute atomic E-state index is 0.115. The molecule has 0 saturated carbocycles. The topological polar surface area (TPSA) is 23.6 Å². The van der Waals surface area contributed by atoms with Crippen molar-refractivity contribution in [3.8, 4) is 0 Å². The highest BCUT2D eigenvalue weighted by Crippen LogP contribution is 2.49. The maximum absolute atomic E-state index is 14.3. The number of alkyl halides is 6. The highest BCUT2D eigenvalue weighted by Gasteiger charge is 2.48. The van der Waals surface area contributed by atoms with Crippen LogP contribution in [0, 0.1) is 11.6 Å². The number of likely N-dealkylation sites (tertiary alicyclic amines) is 1. The van der Waals surface area contributed by atoms with Crippen LogP contribution in [-0.4, -0.2) is 43.2 Å². The SMILES string of the molecule is O=C(c1c(F)cccc1F)N1CC2(CCN(CCC(F)(F)F)CC2)c2cc(C(F)(F)F)ccc21. The molecular weight excluding hydrogens is 472 g/mol. The molecule has 1 saturated heterocycles. The zero-order chi connectivity index (χ0) is 24.9. The van der Waals surface area contributed by atoms with Gasteiger partial charge in [0.15, 0.2) is 0 Å². The fraction of sp³-hybridized carbons (Fsp3) is 0.435. The summed E-state index contributed by atoms with van der Waals surface area (Å²) >= 11 is 0.